The third-order valence-electron chi connectivity index (χ3n) is 4.03. The van der Waals surface area contributed by atoms with E-state index in [-0.39, 0.29) is 12.7 Å². The number of fused-ring (bicyclic) bond motifs is 2. The van der Waals surface area contributed by atoms with Crippen LogP contribution in [0.4, 0.5) is 0 Å². The summed E-state index contributed by atoms with van der Waals surface area (Å²) in [5.74, 6) is 1.48. The maximum absolute atomic E-state index is 12.1. The topological polar surface area (TPSA) is 65.4 Å². The monoisotopic (exact) mass is 323 g/mol. The average molecular weight is 323 g/mol. The Morgan fingerprint density at radius 1 is 1.17 bits per heavy atom. The Hall–Kier alpha value is -3.02. The number of carbonyl (C=O) groups excluding carboxylic acids is 1. The number of carbonyl (C=O) groups is 1. The maximum atomic E-state index is 12.1. The number of imidazole rings is 1. The highest BCUT2D eigenvalue weighted by Gasteiger charge is 2.13. The van der Waals surface area contributed by atoms with Gasteiger partial charge in [0.1, 0.15) is 0 Å². The summed E-state index contributed by atoms with van der Waals surface area (Å²) in [6, 6.07) is 13.6. The second-order valence-electron chi connectivity index (χ2n) is 5.64. The summed E-state index contributed by atoms with van der Waals surface area (Å²) in [6.07, 6.45) is 2.18. The Labute approximate surface area is 139 Å². The molecule has 2 heterocycles. The number of para-hydroxylation sites is 2. The van der Waals surface area contributed by atoms with Gasteiger partial charge in [-0.1, -0.05) is 18.2 Å². The van der Waals surface area contributed by atoms with Crippen LogP contribution in [0.3, 0.4) is 0 Å². The Morgan fingerprint density at radius 2 is 2.04 bits per heavy atom. The van der Waals surface area contributed by atoms with Gasteiger partial charge in [-0.05, 0) is 29.8 Å². The number of nitrogens with one attached hydrogen (secondary N) is 1. The van der Waals surface area contributed by atoms with E-state index in [1.54, 1.807) is 6.33 Å². The minimum atomic E-state index is 0.00504. The fourth-order valence-electron chi connectivity index (χ4n) is 2.75. The highest BCUT2D eigenvalue weighted by atomic mass is 16.7. The molecule has 0 fully saturated rings. The van der Waals surface area contributed by atoms with Crippen LogP contribution in [-0.4, -0.2) is 22.3 Å². The van der Waals surface area contributed by atoms with Gasteiger partial charge in [-0.15, -0.1) is 0 Å². The van der Waals surface area contributed by atoms with E-state index < -0.39 is 0 Å². The molecule has 0 aliphatic carbocycles. The molecule has 0 radical (unpaired) electrons. The Bertz CT molecular complexity index is 888. The first-order valence-corrected chi connectivity index (χ1v) is 7.85. The van der Waals surface area contributed by atoms with Crippen molar-refractivity contribution >= 4 is 16.9 Å². The quantitative estimate of drug-likeness (QED) is 0.783. The van der Waals surface area contributed by atoms with E-state index in [4.69, 9.17) is 9.47 Å². The minimum absolute atomic E-state index is 0.00504. The van der Waals surface area contributed by atoms with Crippen LogP contribution in [0.5, 0.6) is 11.5 Å². The van der Waals surface area contributed by atoms with E-state index in [0.717, 1.165) is 28.1 Å². The highest BCUT2D eigenvalue weighted by molar-refractivity contribution is 5.77. The molecule has 1 aromatic heterocycles. The van der Waals surface area contributed by atoms with Gasteiger partial charge < -0.3 is 19.4 Å². The van der Waals surface area contributed by atoms with Crippen molar-refractivity contribution in [3.05, 3.63) is 54.4 Å². The molecule has 24 heavy (non-hydrogen) atoms. The molecule has 0 spiro atoms. The van der Waals surface area contributed by atoms with Crippen molar-refractivity contribution in [2.45, 2.75) is 19.5 Å². The lowest BCUT2D eigenvalue weighted by Gasteiger charge is -2.07. The van der Waals surface area contributed by atoms with E-state index in [0.29, 0.717) is 19.5 Å². The summed E-state index contributed by atoms with van der Waals surface area (Å²) >= 11 is 0. The summed E-state index contributed by atoms with van der Waals surface area (Å²) in [5, 5.41) is 2.93. The van der Waals surface area contributed by atoms with Crippen molar-refractivity contribution in [1.82, 2.24) is 14.9 Å². The molecule has 1 amide bonds. The molecule has 0 atom stereocenters. The number of amides is 1. The lowest BCUT2D eigenvalue weighted by molar-refractivity contribution is -0.121. The molecule has 0 saturated carbocycles. The van der Waals surface area contributed by atoms with Gasteiger partial charge in [-0.25, -0.2) is 4.98 Å². The third kappa shape index (κ3) is 2.90. The molecule has 1 N–H and O–H groups in total. The molecule has 0 unspecified atom stereocenters. The summed E-state index contributed by atoms with van der Waals surface area (Å²) in [5.41, 5.74) is 2.97. The minimum Gasteiger partial charge on any atom is -0.454 e. The molecule has 4 rings (SSSR count). The number of hydrogen-bond acceptors (Lipinski definition) is 4. The largest absolute Gasteiger partial charge is 0.454 e. The fourth-order valence-corrected chi connectivity index (χ4v) is 2.75. The number of ether oxygens (including phenoxy) is 2. The van der Waals surface area contributed by atoms with Crippen LogP contribution in [0.15, 0.2) is 48.8 Å². The number of aryl methyl sites for hydroxylation is 1. The number of aromatic nitrogens is 2. The van der Waals surface area contributed by atoms with Gasteiger partial charge in [0, 0.05) is 19.5 Å². The third-order valence-corrected chi connectivity index (χ3v) is 4.03. The van der Waals surface area contributed by atoms with Gasteiger partial charge in [-0.2, -0.15) is 0 Å². The molecule has 6 nitrogen and oxygen atoms in total. The van der Waals surface area contributed by atoms with Gasteiger partial charge in [0.05, 0.1) is 17.4 Å². The highest BCUT2D eigenvalue weighted by Crippen LogP contribution is 2.32. The van der Waals surface area contributed by atoms with Crippen molar-refractivity contribution in [3.63, 3.8) is 0 Å². The fraction of sp³-hybridized carbons (Fsp3) is 0.222. The second-order valence-corrected chi connectivity index (χ2v) is 5.64. The zero-order valence-electron chi connectivity index (χ0n) is 13.1. The molecule has 0 saturated heterocycles. The van der Waals surface area contributed by atoms with E-state index in [1.807, 2.05) is 47.0 Å². The van der Waals surface area contributed by atoms with E-state index in [1.165, 1.54) is 0 Å². The zero-order chi connectivity index (χ0) is 16.4. The first kappa shape index (κ1) is 14.6. The molecule has 2 aromatic carbocycles. The number of rotatable bonds is 5. The molecular formula is C18H17N3O3. The summed E-state index contributed by atoms with van der Waals surface area (Å²) in [6.45, 7) is 1.33. The van der Waals surface area contributed by atoms with Crippen LogP contribution in [0, 0.1) is 0 Å². The standard InChI is InChI=1S/C18H17N3O3/c22-18(7-8-21-11-20-14-3-1-2-4-15(14)21)19-10-13-5-6-16-17(9-13)24-12-23-16/h1-6,9,11H,7-8,10,12H2,(H,19,22). The molecule has 6 heteroatoms. The SMILES string of the molecule is O=C(CCn1cnc2ccccc21)NCc1ccc2c(c1)OCO2. The van der Waals surface area contributed by atoms with Crippen LogP contribution in [0.1, 0.15) is 12.0 Å². The van der Waals surface area contributed by atoms with Crippen LogP contribution >= 0.6 is 0 Å². The predicted octanol–water partition coefficient (Wildman–Crippen LogP) is 2.47. The molecular weight excluding hydrogens is 306 g/mol. The van der Waals surface area contributed by atoms with Crippen molar-refractivity contribution < 1.29 is 14.3 Å². The van der Waals surface area contributed by atoms with E-state index in [9.17, 15) is 4.79 Å². The molecule has 0 bridgehead atoms. The first-order chi connectivity index (χ1) is 11.8. The van der Waals surface area contributed by atoms with Crippen LogP contribution in [-0.2, 0) is 17.9 Å². The van der Waals surface area contributed by atoms with Crippen molar-refractivity contribution in [2.75, 3.05) is 6.79 Å². The molecule has 1 aliphatic heterocycles. The average Bonchev–Trinajstić information content (AvgIpc) is 3.24. The van der Waals surface area contributed by atoms with Crippen LogP contribution < -0.4 is 14.8 Å². The lowest BCUT2D eigenvalue weighted by Crippen LogP contribution is -2.23. The first-order valence-electron chi connectivity index (χ1n) is 7.85. The zero-order valence-corrected chi connectivity index (χ0v) is 13.1. The van der Waals surface area contributed by atoms with E-state index >= 15 is 0 Å². The van der Waals surface area contributed by atoms with Crippen molar-refractivity contribution in [1.29, 1.82) is 0 Å². The van der Waals surface area contributed by atoms with Crippen LogP contribution in [0.25, 0.3) is 11.0 Å². The second kappa shape index (κ2) is 6.23. The van der Waals surface area contributed by atoms with Gasteiger partial charge in [0.25, 0.3) is 0 Å². The van der Waals surface area contributed by atoms with Gasteiger partial charge in [0.15, 0.2) is 11.5 Å². The number of benzene rings is 2. The Kier molecular flexibility index (Phi) is 3.78. The van der Waals surface area contributed by atoms with Crippen molar-refractivity contribution in [3.8, 4) is 11.5 Å². The molecule has 122 valence electrons. The Balaban J connectivity index is 1.32. The van der Waals surface area contributed by atoms with Gasteiger partial charge >= 0.3 is 0 Å². The summed E-state index contributed by atoms with van der Waals surface area (Å²) < 4.78 is 12.6. The lowest BCUT2D eigenvalue weighted by atomic mass is 10.2. The molecule has 3 aromatic rings. The van der Waals surface area contributed by atoms with Crippen LogP contribution in [0.2, 0.25) is 0 Å². The predicted molar refractivity (Wildman–Crippen MR) is 88.8 cm³/mol. The van der Waals surface area contributed by atoms with Gasteiger partial charge in [-0.3, -0.25) is 4.79 Å². The molecule has 1 aliphatic rings. The smallest absolute Gasteiger partial charge is 0.231 e. The van der Waals surface area contributed by atoms with Gasteiger partial charge in [0.2, 0.25) is 12.7 Å². The normalized spacial score (nSPS) is 12.5. The number of nitrogens with zero attached hydrogens (tertiary/aromatic N) is 2. The van der Waals surface area contributed by atoms with Crippen molar-refractivity contribution in [2.24, 2.45) is 0 Å². The number of hydrogen-bond donors (Lipinski definition) is 1. The summed E-state index contributed by atoms with van der Waals surface area (Å²) in [4.78, 5) is 16.4. The van der Waals surface area contributed by atoms with E-state index in [2.05, 4.69) is 10.3 Å². The maximum Gasteiger partial charge on any atom is 0.231 e. The Morgan fingerprint density at radius 3 is 3.00 bits per heavy atom. The summed E-state index contributed by atoms with van der Waals surface area (Å²) in [7, 11) is 0.